The van der Waals surface area contributed by atoms with Crippen LogP contribution in [0.4, 0.5) is 8.78 Å². The SMILES string of the molecule is CC(C)(CCO)NC(=O)c1ccc(F)cc1F. The van der Waals surface area contributed by atoms with E-state index in [9.17, 15) is 13.6 Å². The van der Waals surface area contributed by atoms with Gasteiger partial charge in [0.05, 0.1) is 5.56 Å². The number of nitrogens with one attached hydrogen (secondary N) is 1. The Morgan fingerprint density at radius 1 is 1.41 bits per heavy atom. The molecular weight excluding hydrogens is 228 g/mol. The van der Waals surface area contributed by atoms with Gasteiger partial charge >= 0.3 is 0 Å². The molecule has 3 nitrogen and oxygen atoms in total. The van der Waals surface area contributed by atoms with Crippen molar-refractivity contribution in [2.24, 2.45) is 0 Å². The fraction of sp³-hybridized carbons (Fsp3) is 0.417. The van der Waals surface area contributed by atoms with E-state index in [2.05, 4.69) is 5.32 Å². The van der Waals surface area contributed by atoms with E-state index in [4.69, 9.17) is 5.11 Å². The summed E-state index contributed by atoms with van der Waals surface area (Å²) in [5.41, 5.74) is -0.857. The van der Waals surface area contributed by atoms with E-state index in [1.807, 2.05) is 0 Å². The maximum atomic E-state index is 13.3. The van der Waals surface area contributed by atoms with Crippen LogP contribution in [0.1, 0.15) is 30.6 Å². The van der Waals surface area contributed by atoms with Crippen LogP contribution in [0.3, 0.4) is 0 Å². The number of carbonyl (C=O) groups is 1. The van der Waals surface area contributed by atoms with Crippen molar-refractivity contribution in [1.29, 1.82) is 0 Å². The van der Waals surface area contributed by atoms with Crippen LogP contribution in [0, 0.1) is 11.6 Å². The van der Waals surface area contributed by atoms with Crippen LogP contribution in [0.15, 0.2) is 18.2 Å². The molecule has 0 unspecified atom stereocenters. The second kappa shape index (κ2) is 5.23. The van der Waals surface area contributed by atoms with Crippen LogP contribution in [0.5, 0.6) is 0 Å². The number of halogens is 2. The third-order valence-corrected chi connectivity index (χ3v) is 2.36. The number of rotatable bonds is 4. The van der Waals surface area contributed by atoms with Crippen LogP contribution in [0.2, 0.25) is 0 Å². The number of benzene rings is 1. The average Bonchev–Trinajstić information content (AvgIpc) is 2.15. The van der Waals surface area contributed by atoms with Crippen LogP contribution in [0.25, 0.3) is 0 Å². The Morgan fingerprint density at radius 3 is 2.59 bits per heavy atom. The van der Waals surface area contributed by atoms with Gasteiger partial charge < -0.3 is 10.4 Å². The molecule has 1 rings (SSSR count). The molecule has 0 aromatic heterocycles. The van der Waals surface area contributed by atoms with Gasteiger partial charge in [-0.1, -0.05) is 0 Å². The number of amides is 1. The zero-order chi connectivity index (χ0) is 13.1. The van der Waals surface area contributed by atoms with Gasteiger partial charge in [-0.25, -0.2) is 8.78 Å². The zero-order valence-corrected chi connectivity index (χ0v) is 9.76. The average molecular weight is 243 g/mol. The van der Waals surface area contributed by atoms with Crippen molar-refractivity contribution in [1.82, 2.24) is 5.32 Å². The molecule has 0 radical (unpaired) electrons. The summed E-state index contributed by atoms with van der Waals surface area (Å²) in [6.07, 6.45) is 0.349. The summed E-state index contributed by atoms with van der Waals surface area (Å²) in [4.78, 5) is 11.7. The lowest BCUT2D eigenvalue weighted by molar-refractivity contribution is 0.0895. The molecule has 2 N–H and O–H groups in total. The highest BCUT2D eigenvalue weighted by Gasteiger charge is 2.22. The molecule has 0 saturated heterocycles. The topological polar surface area (TPSA) is 49.3 Å². The van der Waals surface area contributed by atoms with Gasteiger partial charge in [0.1, 0.15) is 11.6 Å². The lowest BCUT2D eigenvalue weighted by atomic mass is 10.0. The number of aliphatic hydroxyl groups is 1. The van der Waals surface area contributed by atoms with Gasteiger partial charge in [0.25, 0.3) is 5.91 Å². The van der Waals surface area contributed by atoms with Crippen molar-refractivity contribution >= 4 is 5.91 Å². The predicted molar refractivity (Wildman–Crippen MR) is 59.6 cm³/mol. The zero-order valence-electron chi connectivity index (χ0n) is 9.76. The smallest absolute Gasteiger partial charge is 0.254 e. The van der Waals surface area contributed by atoms with Crippen LogP contribution in [-0.2, 0) is 0 Å². The van der Waals surface area contributed by atoms with Crippen molar-refractivity contribution in [2.75, 3.05) is 6.61 Å². The summed E-state index contributed by atoms with van der Waals surface area (Å²) in [5, 5.41) is 11.4. The third-order valence-electron chi connectivity index (χ3n) is 2.36. The minimum Gasteiger partial charge on any atom is -0.396 e. The molecule has 0 atom stereocenters. The fourth-order valence-corrected chi connectivity index (χ4v) is 1.39. The van der Waals surface area contributed by atoms with E-state index in [1.165, 1.54) is 0 Å². The van der Waals surface area contributed by atoms with Crippen LogP contribution in [-0.4, -0.2) is 23.2 Å². The molecule has 0 fully saturated rings. The maximum Gasteiger partial charge on any atom is 0.254 e. The summed E-state index contributed by atoms with van der Waals surface area (Å²) < 4.78 is 26.0. The van der Waals surface area contributed by atoms with E-state index in [1.54, 1.807) is 13.8 Å². The Bertz CT molecular complexity index is 419. The molecule has 0 saturated carbocycles. The van der Waals surface area contributed by atoms with Gasteiger partial charge in [-0.2, -0.15) is 0 Å². The van der Waals surface area contributed by atoms with E-state index >= 15 is 0 Å². The van der Waals surface area contributed by atoms with Gasteiger partial charge in [-0.05, 0) is 32.4 Å². The molecular formula is C12H15F2NO2. The summed E-state index contributed by atoms with van der Waals surface area (Å²) >= 11 is 0. The number of carbonyl (C=O) groups excluding carboxylic acids is 1. The first-order chi connectivity index (χ1) is 7.85. The third kappa shape index (κ3) is 3.78. The molecule has 0 spiro atoms. The molecule has 0 aliphatic carbocycles. The lowest BCUT2D eigenvalue weighted by Gasteiger charge is -2.25. The van der Waals surface area contributed by atoms with E-state index < -0.39 is 23.1 Å². The second-order valence-electron chi connectivity index (χ2n) is 4.44. The highest BCUT2D eigenvalue weighted by Crippen LogP contribution is 2.13. The Balaban J connectivity index is 2.83. The van der Waals surface area contributed by atoms with Crippen molar-refractivity contribution in [3.63, 3.8) is 0 Å². The molecule has 0 aliphatic heterocycles. The molecule has 0 aliphatic rings. The highest BCUT2D eigenvalue weighted by atomic mass is 19.1. The number of hydrogen-bond donors (Lipinski definition) is 2. The normalized spacial score (nSPS) is 11.4. The highest BCUT2D eigenvalue weighted by molar-refractivity contribution is 5.94. The largest absolute Gasteiger partial charge is 0.396 e. The molecule has 1 aromatic rings. The van der Waals surface area contributed by atoms with Gasteiger partial charge in [-0.3, -0.25) is 4.79 Å². The van der Waals surface area contributed by atoms with Crippen molar-refractivity contribution < 1.29 is 18.7 Å². The molecule has 17 heavy (non-hydrogen) atoms. The Kier molecular flexibility index (Phi) is 4.17. The van der Waals surface area contributed by atoms with Crippen LogP contribution < -0.4 is 5.32 Å². The second-order valence-corrected chi connectivity index (χ2v) is 4.44. The van der Waals surface area contributed by atoms with Crippen molar-refractivity contribution in [3.8, 4) is 0 Å². The van der Waals surface area contributed by atoms with Gasteiger partial charge in [-0.15, -0.1) is 0 Å². The summed E-state index contributed by atoms with van der Waals surface area (Å²) in [6, 6.07) is 2.78. The summed E-state index contributed by atoms with van der Waals surface area (Å²) in [6.45, 7) is 3.34. The van der Waals surface area contributed by atoms with Crippen molar-refractivity contribution in [2.45, 2.75) is 25.8 Å². The van der Waals surface area contributed by atoms with Crippen molar-refractivity contribution in [3.05, 3.63) is 35.4 Å². The first kappa shape index (κ1) is 13.6. The molecule has 0 bridgehead atoms. The Hall–Kier alpha value is -1.49. The minimum absolute atomic E-state index is 0.0841. The summed E-state index contributed by atoms with van der Waals surface area (Å²) in [7, 11) is 0. The standard InChI is InChI=1S/C12H15F2NO2/c1-12(2,5-6-16)15-11(17)9-4-3-8(13)7-10(9)14/h3-4,7,16H,5-6H2,1-2H3,(H,15,17). The maximum absolute atomic E-state index is 13.3. The number of hydrogen-bond acceptors (Lipinski definition) is 2. The minimum atomic E-state index is -0.901. The monoisotopic (exact) mass is 243 g/mol. The number of aliphatic hydroxyl groups excluding tert-OH is 1. The molecule has 0 heterocycles. The lowest BCUT2D eigenvalue weighted by Crippen LogP contribution is -2.44. The van der Waals surface area contributed by atoms with E-state index in [0.717, 1.165) is 12.1 Å². The predicted octanol–water partition coefficient (Wildman–Crippen LogP) is 1.86. The molecule has 1 aromatic carbocycles. The molecule has 5 heteroatoms. The van der Waals surface area contributed by atoms with Crippen LogP contribution >= 0.6 is 0 Å². The quantitative estimate of drug-likeness (QED) is 0.848. The summed E-state index contributed by atoms with van der Waals surface area (Å²) in [5.74, 6) is -2.25. The Morgan fingerprint density at radius 2 is 2.06 bits per heavy atom. The molecule has 94 valence electrons. The van der Waals surface area contributed by atoms with E-state index in [0.29, 0.717) is 12.5 Å². The van der Waals surface area contributed by atoms with Gasteiger partial charge in [0.2, 0.25) is 0 Å². The fourth-order valence-electron chi connectivity index (χ4n) is 1.39. The van der Waals surface area contributed by atoms with Gasteiger partial charge in [0.15, 0.2) is 0 Å². The first-order valence-electron chi connectivity index (χ1n) is 5.24. The molecule has 1 amide bonds. The van der Waals surface area contributed by atoms with Gasteiger partial charge in [0, 0.05) is 18.2 Å². The first-order valence-corrected chi connectivity index (χ1v) is 5.24. The van der Waals surface area contributed by atoms with E-state index in [-0.39, 0.29) is 12.2 Å². The Labute approximate surface area is 98.5 Å².